The fraction of sp³-hybridized carbons (Fsp3) is 0.0833. The summed E-state index contributed by atoms with van der Waals surface area (Å²) < 4.78 is 7.46. The fourth-order valence-corrected chi connectivity index (χ4v) is 1.65. The standard InChI is InChI=1S/C12H11N5O/c13-12-10(5-14-8-15-12)18-7-9-6-17-4-2-1-3-11(17)16-9/h1-6,8H,7H2,(H2,13,14,15). The van der Waals surface area contributed by atoms with Crippen LogP contribution in [0.4, 0.5) is 5.82 Å². The van der Waals surface area contributed by atoms with Crippen LogP contribution in [-0.4, -0.2) is 19.4 Å². The molecule has 0 saturated carbocycles. The summed E-state index contributed by atoms with van der Waals surface area (Å²) in [5.41, 5.74) is 7.36. The number of anilines is 1. The molecule has 90 valence electrons. The Bertz CT molecular complexity index is 646. The summed E-state index contributed by atoms with van der Waals surface area (Å²) in [5, 5.41) is 0. The molecule has 0 aliphatic heterocycles. The number of nitrogens with zero attached hydrogens (tertiary/aromatic N) is 4. The maximum atomic E-state index is 5.66. The van der Waals surface area contributed by atoms with E-state index >= 15 is 0 Å². The molecule has 0 aromatic carbocycles. The van der Waals surface area contributed by atoms with Crippen LogP contribution in [0, 0.1) is 0 Å². The average Bonchev–Trinajstić information content (AvgIpc) is 2.80. The molecule has 6 nitrogen and oxygen atoms in total. The zero-order valence-corrected chi connectivity index (χ0v) is 9.52. The molecule has 0 radical (unpaired) electrons. The first-order chi connectivity index (χ1) is 8.83. The molecule has 0 amide bonds. The number of rotatable bonds is 3. The van der Waals surface area contributed by atoms with Crippen molar-refractivity contribution in [3.63, 3.8) is 0 Å². The summed E-state index contributed by atoms with van der Waals surface area (Å²) in [6.45, 7) is 0.333. The summed E-state index contributed by atoms with van der Waals surface area (Å²) >= 11 is 0. The Labute approximate surface area is 103 Å². The molecule has 0 aliphatic carbocycles. The van der Waals surface area contributed by atoms with Gasteiger partial charge in [-0.15, -0.1) is 0 Å². The molecule has 6 heteroatoms. The largest absolute Gasteiger partial charge is 0.482 e. The Hall–Kier alpha value is -2.63. The van der Waals surface area contributed by atoms with Gasteiger partial charge in [0.05, 0.1) is 11.9 Å². The van der Waals surface area contributed by atoms with E-state index in [1.165, 1.54) is 12.5 Å². The molecule has 0 fully saturated rings. The van der Waals surface area contributed by atoms with Gasteiger partial charge in [-0.25, -0.2) is 15.0 Å². The van der Waals surface area contributed by atoms with E-state index < -0.39 is 0 Å². The third-order valence-corrected chi connectivity index (χ3v) is 2.50. The number of pyridine rings is 1. The van der Waals surface area contributed by atoms with Crippen molar-refractivity contribution in [1.82, 2.24) is 19.4 Å². The van der Waals surface area contributed by atoms with Gasteiger partial charge in [0, 0.05) is 12.4 Å². The molecular formula is C12H11N5O. The number of nitrogens with two attached hydrogens (primary N) is 1. The van der Waals surface area contributed by atoms with Crippen LogP contribution in [0.1, 0.15) is 5.69 Å². The highest BCUT2D eigenvalue weighted by Crippen LogP contribution is 2.17. The molecule has 0 bridgehead atoms. The van der Waals surface area contributed by atoms with E-state index in [2.05, 4.69) is 15.0 Å². The number of nitrogen functional groups attached to an aromatic ring is 1. The summed E-state index contributed by atoms with van der Waals surface area (Å²) in [5.74, 6) is 0.795. The highest BCUT2D eigenvalue weighted by Gasteiger charge is 2.04. The molecule has 0 saturated heterocycles. The lowest BCUT2D eigenvalue weighted by molar-refractivity contribution is 0.301. The summed E-state index contributed by atoms with van der Waals surface area (Å²) in [6.07, 6.45) is 6.77. The molecule has 3 heterocycles. The van der Waals surface area contributed by atoms with E-state index in [1.54, 1.807) is 0 Å². The Morgan fingerprint density at radius 3 is 3.11 bits per heavy atom. The highest BCUT2D eigenvalue weighted by molar-refractivity contribution is 5.43. The first-order valence-corrected chi connectivity index (χ1v) is 5.44. The molecule has 0 spiro atoms. The fourth-order valence-electron chi connectivity index (χ4n) is 1.65. The molecule has 18 heavy (non-hydrogen) atoms. The van der Waals surface area contributed by atoms with Gasteiger partial charge in [-0.05, 0) is 12.1 Å². The molecule has 0 unspecified atom stereocenters. The minimum absolute atomic E-state index is 0.328. The molecule has 2 N–H and O–H groups in total. The van der Waals surface area contributed by atoms with Crippen LogP contribution < -0.4 is 10.5 Å². The lowest BCUT2D eigenvalue weighted by Gasteiger charge is -2.04. The number of hydrogen-bond acceptors (Lipinski definition) is 5. The van der Waals surface area contributed by atoms with Crippen LogP contribution >= 0.6 is 0 Å². The average molecular weight is 241 g/mol. The van der Waals surface area contributed by atoms with Crippen molar-refractivity contribution in [2.24, 2.45) is 0 Å². The van der Waals surface area contributed by atoms with Crippen LogP contribution in [0.15, 0.2) is 43.1 Å². The zero-order valence-electron chi connectivity index (χ0n) is 9.52. The monoisotopic (exact) mass is 241 g/mol. The van der Waals surface area contributed by atoms with Crippen molar-refractivity contribution in [3.8, 4) is 5.75 Å². The summed E-state index contributed by atoms with van der Waals surface area (Å²) in [7, 11) is 0. The Morgan fingerprint density at radius 2 is 2.28 bits per heavy atom. The summed E-state index contributed by atoms with van der Waals surface area (Å²) in [4.78, 5) is 12.1. The first kappa shape index (κ1) is 10.5. The van der Waals surface area contributed by atoms with Crippen LogP contribution in [0.2, 0.25) is 0 Å². The predicted molar refractivity (Wildman–Crippen MR) is 66.0 cm³/mol. The van der Waals surface area contributed by atoms with Gasteiger partial charge in [0.1, 0.15) is 18.6 Å². The molecule has 3 aromatic rings. The third kappa shape index (κ3) is 1.95. The van der Waals surface area contributed by atoms with E-state index in [0.717, 1.165) is 11.3 Å². The zero-order chi connectivity index (χ0) is 12.4. The summed E-state index contributed by atoms with van der Waals surface area (Å²) in [6, 6.07) is 5.82. The number of aromatic nitrogens is 4. The molecular weight excluding hydrogens is 230 g/mol. The van der Waals surface area contributed by atoms with Crippen molar-refractivity contribution in [3.05, 3.63) is 48.8 Å². The molecule has 3 rings (SSSR count). The first-order valence-electron chi connectivity index (χ1n) is 5.44. The molecule has 0 atom stereocenters. The smallest absolute Gasteiger partial charge is 0.180 e. The van der Waals surface area contributed by atoms with E-state index in [0.29, 0.717) is 18.2 Å². The minimum atomic E-state index is 0.328. The van der Waals surface area contributed by atoms with Crippen molar-refractivity contribution in [2.45, 2.75) is 6.61 Å². The highest BCUT2D eigenvalue weighted by atomic mass is 16.5. The van der Waals surface area contributed by atoms with Gasteiger partial charge in [-0.2, -0.15) is 0 Å². The van der Waals surface area contributed by atoms with Crippen LogP contribution in [0.3, 0.4) is 0 Å². The number of imidazole rings is 1. The van der Waals surface area contributed by atoms with E-state index in [-0.39, 0.29) is 0 Å². The Balaban J connectivity index is 1.79. The Kier molecular flexibility index (Phi) is 2.53. The van der Waals surface area contributed by atoms with Gasteiger partial charge < -0.3 is 14.9 Å². The third-order valence-electron chi connectivity index (χ3n) is 2.50. The van der Waals surface area contributed by atoms with Crippen molar-refractivity contribution < 1.29 is 4.74 Å². The van der Waals surface area contributed by atoms with E-state index in [1.807, 2.05) is 35.0 Å². The van der Waals surface area contributed by atoms with Gasteiger partial charge in [0.15, 0.2) is 11.6 Å². The van der Waals surface area contributed by atoms with Gasteiger partial charge in [0.25, 0.3) is 0 Å². The molecule has 0 aliphatic rings. The number of fused-ring (bicyclic) bond motifs is 1. The molecule has 3 aromatic heterocycles. The lowest BCUT2D eigenvalue weighted by atomic mass is 10.5. The normalized spacial score (nSPS) is 10.7. The van der Waals surface area contributed by atoms with Crippen molar-refractivity contribution in [1.29, 1.82) is 0 Å². The van der Waals surface area contributed by atoms with Gasteiger partial charge in [-0.3, -0.25) is 0 Å². The number of hydrogen-bond donors (Lipinski definition) is 1. The van der Waals surface area contributed by atoms with E-state index in [4.69, 9.17) is 10.5 Å². The quantitative estimate of drug-likeness (QED) is 0.747. The van der Waals surface area contributed by atoms with Crippen LogP contribution in [-0.2, 0) is 6.61 Å². The van der Waals surface area contributed by atoms with Crippen molar-refractivity contribution >= 4 is 11.5 Å². The maximum absolute atomic E-state index is 5.66. The second kappa shape index (κ2) is 4.33. The topological polar surface area (TPSA) is 78.3 Å². The minimum Gasteiger partial charge on any atom is -0.482 e. The maximum Gasteiger partial charge on any atom is 0.180 e. The second-order valence-electron chi connectivity index (χ2n) is 3.76. The Morgan fingerprint density at radius 1 is 1.33 bits per heavy atom. The predicted octanol–water partition coefficient (Wildman–Crippen LogP) is 1.29. The van der Waals surface area contributed by atoms with Gasteiger partial charge in [0.2, 0.25) is 0 Å². The van der Waals surface area contributed by atoms with Gasteiger partial charge in [-0.1, -0.05) is 6.07 Å². The van der Waals surface area contributed by atoms with Crippen LogP contribution in [0.25, 0.3) is 5.65 Å². The SMILES string of the molecule is Nc1ncncc1OCc1cn2ccccc2n1. The second-order valence-corrected chi connectivity index (χ2v) is 3.76. The van der Waals surface area contributed by atoms with Gasteiger partial charge >= 0.3 is 0 Å². The van der Waals surface area contributed by atoms with Crippen LogP contribution in [0.5, 0.6) is 5.75 Å². The number of ether oxygens (including phenoxy) is 1. The van der Waals surface area contributed by atoms with Crippen molar-refractivity contribution in [2.75, 3.05) is 5.73 Å². The van der Waals surface area contributed by atoms with E-state index in [9.17, 15) is 0 Å². The lowest BCUT2D eigenvalue weighted by Crippen LogP contribution is -2.01.